The number of fused-ring (bicyclic) bond motifs is 1. The Morgan fingerprint density at radius 1 is 1.15 bits per heavy atom. The van der Waals surface area contributed by atoms with E-state index in [9.17, 15) is 9.59 Å². The van der Waals surface area contributed by atoms with Gasteiger partial charge in [0.05, 0.1) is 28.5 Å². The summed E-state index contributed by atoms with van der Waals surface area (Å²) in [6, 6.07) is 16.6. The summed E-state index contributed by atoms with van der Waals surface area (Å²) in [6.45, 7) is 7.80. The maximum Gasteiger partial charge on any atom is 0.338 e. The summed E-state index contributed by atoms with van der Waals surface area (Å²) in [5.41, 5.74) is 3.30. The molecule has 39 heavy (non-hydrogen) atoms. The third-order valence-corrected chi connectivity index (χ3v) is 7.73. The van der Waals surface area contributed by atoms with Gasteiger partial charge in [0.2, 0.25) is 0 Å². The lowest BCUT2D eigenvalue weighted by Gasteiger charge is -2.24. The molecule has 0 unspecified atom stereocenters. The van der Waals surface area contributed by atoms with Gasteiger partial charge in [-0.15, -0.1) is 0 Å². The van der Waals surface area contributed by atoms with Crippen LogP contribution < -0.4 is 19.6 Å². The second kappa shape index (κ2) is 11.4. The predicted octanol–water partition coefficient (Wildman–Crippen LogP) is 4.92. The van der Waals surface area contributed by atoms with Crippen LogP contribution in [0.2, 0.25) is 0 Å². The van der Waals surface area contributed by atoms with Crippen molar-refractivity contribution in [2.75, 3.05) is 13.2 Å². The SMILES string of the molecule is C=CCOc1ccc([C@H]2C(C(=O)OCC)=C(C)N=c3s/c(=C\c4ccn(-c5ccc(Br)cc5)c4)c(=O)n32)cc1. The summed E-state index contributed by atoms with van der Waals surface area (Å²) in [5.74, 6) is 0.177. The van der Waals surface area contributed by atoms with Gasteiger partial charge in [-0.2, -0.15) is 0 Å². The molecule has 4 aromatic rings. The second-order valence-corrected chi connectivity index (χ2v) is 10.7. The highest BCUT2D eigenvalue weighted by atomic mass is 79.9. The smallest absolute Gasteiger partial charge is 0.338 e. The molecule has 0 spiro atoms. The molecule has 0 amide bonds. The number of carbonyl (C=O) groups is 1. The van der Waals surface area contributed by atoms with Crippen LogP contribution in [0.5, 0.6) is 5.75 Å². The van der Waals surface area contributed by atoms with Gasteiger partial charge in [-0.1, -0.05) is 52.1 Å². The number of hydrogen-bond acceptors (Lipinski definition) is 6. The molecule has 1 atom stereocenters. The maximum absolute atomic E-state index is 13.8. The molecule has 1 aliphatic heterocycles. The number of hydrogen-bond donors (Lipinski definition) is 0. The fourth-order valence-electron chi connectivity index (χ4n) is 4.43. The molecule has 0 N–H and O–H groups in total. The monoisotopic (exact) mass is 603 g/mol. The van der Waals surface area contributed by atoms with E-state index in [0.717, 1.165) is 21.3 Å². The van der Waals surface area contributed by atoms with E-state index < -0.39 is 12.0 Å². The fourth-order valence-corrected chi connectivity index (χ4v) is 5.74. The number of benzene rings is 2. The molecule has 0 aliphatic carbocycles. The number of allylic oxidation sites excluding steroid dienone is 1. The molecule has 3 heterocycles. The molecule has 198 valence electrons. The number of thiazole rings is 1. The van der Waals surface area contributed by atoms with Crippen LogP contribution in [-0.4, -0.2) is 28.3 Å². The van der Waals surface area contributed by atoms with Gasteiger partial charge in [0.1, 0.15) is 12.4 Å². The van der Waals surface area contributed by atoms with E-state index in [4.69, 9.17) is 9.47 Å². The molecule has 0 fully saturated rings. The van der Waals surface area contributed by atoms with Crippen LogP contribution in [0.3, 0.4) is 0 Å². The Hall–Kier alpha value is -3.95. The molecule has 0 radical (unpaired) electrons. The molecule has 0 bridgehead atoms. The predicted molar refractivity (Wildman–Crippen MR) is 156 cm³/mol. The van der Waals surface area contributed by atoms with Crippen molar-refractivity contribution >= 4 is 39.3 Å². The quantitative estimate of drug-likeness (QED) is 0.212. The van der Waals surface area contributed by atoms with E-state index >= 15 is 0 Å². The Morgan fingerprint density at radius 2 is 1.90 bits per heavy atom. The number of aromatic nitrogens is 2. The van der Waals surface area contributed by atoms with Crippen molar-refractivity contribution in [1.29, 1.82) is 0 Å². The zero-order valence-corrected chi connectivity index (χ0v) is 23.9. The van der Waals surface area contributed by atoms with E-state index in [0.29, 0.717) is 33.0 Å². The molecule has 2 aromatic heterocycles. The molecular weight excluding hydrogens is 578 g/mol. The van der Waals surface area contributed by atoms with Gasteiger partial charge in [0.15, 0.2) is 4.80 Å². The topological polar surface area (TPSA) is 74.8 Å². The van der Waals surface area contributed by atoms with E-state index in [-0.39, 0.29) is 12.2 Å². The van der Waals surface area contributed by atoms with Crippen molar-refractivity contribution in [3.05, 3.63) is 126 Å². The largest absolute Gasteiger partial charge is 0.490 e. The van der Waals surface area contributed by atoms with Gasteiger partial charge in [-0.3, -0.25) is 9.36 Å². The van der Waals surface area contributed by atoms with E-state index in [1.54, 1.807) is 24.5 Å². The van der Waals surface area contributed by atoms with Crippen molar-refractivity contribution < 1.29 is 14.3 Å². The average Bonchev–Trinajstić information content (AvgIpc) is 3.52. The first-order chi connectivity index (χ1) is 18.9. The van der Waals surface area contributed by atoms with Crippen molar-refractivity contribution in [2.45, 2.75) is 19.9 Å². The van der Waals surface area contributed by atoms with Crippen LogP contribution in [0.1, 0.15) is 31.0 Å². The summed E-state index contributed by atoms with van der Waals surface area (Å²) in [5, 5.41) is 0. The lowest BCUT2D eigenvalue weighted by atomic mass is 9.96. The minimum Gasteiger partial charge on any atom is -0.490 e. The Balaban J connectivity index is 1.59. The van der Waals surface area contributed by atoms with Gasteiger partial charge in [0, 0.05) is 22.6 Å². The van der Waals surface area contributed by atoms with Crippen LogP contribution >= 0.6 is 27.3 Å². The first-order valence-corrected chi connectivity index (χ1v) is 14.0. The standard InChI is InChI=1S/C30H26BrN3O4S/c1-4-16-38-24-12-6-21(7-13-24)27-26(29(36)37-5-2)19(3)32-30-34(27)28(35)25(39-30)17-20-14-15-33(18-20)23-10-8-22(31)9-11-23/h4,6-15,17-18,27H,1,5,16H2,2-3H3/b25-17-/t27-/m0/s1. The molecule has 0 saturated carbocycles. The fraction of sp³-hybridized carbons (Fsp3) is 0.167. The number of ether oxygens (including phenoxy) is 2. The average molecular weight is 605 g/mol. The van der Waals surface area contributed by atoms with Crippen molar-refractivity contribution in [3.63, 3.8) is 0 Å². The Labute approximate surface area is 237 Å². The van der Waals surface area contributed by atoms with Gasteiger partial charge < -0.3 is 14.0 Å². The summed E-state index contributed by atoms with van der Waals surface area (Å²) < 4.78 is 16.1. The van der Waals surface area contributed by atoms with Crippen LogP contribution in [0.4, 0.5) is 0 Å². The third kappa shape index (κ3) is 5.46. The third-order valence-electron chi connectivity index (χ3n) is 6.22. The zero-order valence-electron chi connectivity index (χ0n) is 21.5. The highest BCUT2D eigenvalue weighted by Crippen LogP contribution is 2.31. The molecule has 0 saturated heterocycles. The van der Waals surface area contributed by atoms with Crippen LogP contribution in [-0.2, 0) is 9.53 Å². The summed E-state index contributed by atoms with van der Waals surface area (Å²) in [4.78, 5) is 32.1. The van der Waals surface area contributed by atoms with Crippen LogP contribution in [0.15, 0.2) is 105 Å². The Bertz CT molecular complexity index is 1750. The highest BCUT2D eigenvalue weighted by Gasteiger charge is 2.33. The summed E-state index contributed by atoms with van der Waals surface area (Å²) >= 11 is 4.76. The van der Waals surface area contributed by atoms with Crippen molar-refractivity contribution in [2.24, 2.45) is 4.99 Å². The number of esters is 1. The summed E-state index contributed by atoms with van der Waals surface area (Å²) in [7, 11) is 0. The van der Waals surface area contributed by atoms with E-state index in [1.807, 2.05) is 77.6 Å². The molecule has 7 nitrogen and oxygen atoms in total. The first kappa shape index (κ1) is 26.6. The number of carbonyl (C=O) groups excluding carboxylic acids is 1. The molecule has 2 aromatic carbocycles. The van der Waals surface area contributed by atoms with Gasteiger partial charge >= 0.3 is 5.97 Å². The Kier molecular flexibility index (Phi) is 7.81. The van der Waals surface area contributed by atoms with Crippen molar-refractivity contribution in [3.8, 4) is 11.4 Å². The minimum atomic E-state index is -0.678. The molecule has 9 heteroatoms. The molecule has 5 rings (SSSR count). The van der Waals surface area contributed by atoms with Crippen LogP contribution in [0, 0.1) is 0 Å². The highest BCUT2D eigenvalue weighted by molar-refractivity contribution is 9.10. The number of nitrogens with zero attached hydrogens (tertiary/aromatic N) is 3. The molecular formula is C30H26BrN3O4S. The lowest BCUT2D eigenvalue weighted by Crippen LogP contribution is -2.39. The number of halogens is 1. The zero-order chi connectivity index (χ0) is 27.5. The maximum atomic E-state index is 13.8. The van der Waals surface area contributed by atoms with E-state index in [1.165, 1.54) is 11.3 Å². The lowest BCUT2D eigenvalue weighted by molar-refractivity contribution is -0.139. The summed E-state index contributed by atoms with van der Waals surface area (Å²) in [6.07, 6.45) is 7.44. The van der Waals surface area contributed by atoms with Gasteiger partial charge in [-0.05, 0) is 73.5 Å². The van der Waals surface area contributed by atoms with Crippen LogP contribution in [0.25, 0.3) is 11.8 Å². The van der Waals surface area contributed by atoms with Crippen molar-refractivity contribution in [1.82, 2.24) is 9.13 Å². The van der Waals surface area contributed by atoms with E-state index in [2.05, 4.69) is 27.5 Å². The molecule has 1 aliphatic rings. The second-order valence-electron chi connectivity index (χ2n) is 8.80. The first-order valence-electron chi connectivity index (χ1n) is 12.4. The minimum absolute atomic E-state index is 0.219. The van der Waals surface area contributed by atoms with Gasteiger partial charge in [-0.25, -0.2) is 9.79 Å². The Morgan fingerprint density at radius 3 is 2.59 bits per heavy atom. The van der Waals surface area contributed by atoms with Gasteiger partial charge in [0.25, 0.3) is 5.56 Å². The normalized spacial score (nSPS) is 15.1. The number of rotatable bonds is 8.